The quantitative estimate of drug-likeness (QED) is 0.731. The van der Waals surface area contributed by atoms with Gasteiger partial charge in [0.05, 0.1) is 6.04 Å². The number of nitrogens with zero attached hydrogens (tertiary/aromatic N) is 1. The van der Waals surface area contributed by atoms with Crippen LogP contribution in [-0.2, 0) is 6.42 Å². The molecule has 0 saturated carbocycles. The number of H-pyrrole nitrogens is 1. The fourth-order valence-corrected chi connectivity index (χ4v) is 2.67. The van der Waals surface area contributed by atoms with Gasteiger partial charge in [0.1, 0.15) is 0 Å². The molecule has 0 aliphatic heterocycles. The van der Waals surface area contributed by atoms with Crippen LogP contribution in [0, 0.1) is 0 Å². The highest BCUT2D eigenvalue weighted by Crippen LogP contribution is 2.32. The minimum Gasteiger partial charge on any atom is -0.399 e. The van der Waals surface area contributed by atoms with Crippen molar-refractivity contribution in [3.8, 4) is 0 Å². The van der Waals surface area contributed by atoms with Crippen molar-refractivity contribution in [1.82, 2.24) is 9.55 Å². The summed E-state index contributed by atoms with van der Waals surface area (Å²) in [5, 5.41) is 0. The summed E-state index contributed by atoms with van der Waals surface area (Å²) in [5.41, 5.74) is 9.06. The first-order chi connectivity index (χ1) is 8.25. The maximum absolute atomic E-state index is 11.7. The van der Waals surface area contributed by atoms with Gasteiger partial charge in [-0.2, -0.15) is 0 Å². The van der Waals surface area contributed by atoms with Crippen molar-refractivity contribution < 1.29 is 0 Å². The molecule has 1 atom stereocenters. The molecule has 4 heteroatoms. The maximum Gasteiger partial charge on any atom is 0.326 e. The minimum absolute atomic E-state index is 0.0420. The molecule has 1 unspecified atom stereocenters. The number of nitrogens with two attached hydrogens (primary N) is 1. The molecule has 3 rings (SSSR count). The minimum atomic E-state index is -0.0420. The van der Waals surface area contributed by atoms with Crippen LogP contribution < -0.4 is 11.4 Å². The number of aromatic amines is 1. The Morgan fingerprint density at radius 3 is 3.06 bits per heavy atom. The molecule has 0 amide bonds. The molecule has 3 N–H and O–H groups in total. The van der Waals surface area contributed by atoms with Crippen LogP contribution in [0.5, 0.6) is 0 Å². The van der Waals surface area contributed by atoms with Crippen molar-refractivity contribution in [3.63, 3.8) is 0 Å². The van der Waals surface area contributed by atoms with Gasteiger partial charge in [0.2, 0.25) is 0 Å². The molecular formula is C13H15N3O. The van der Waals surface area contributed by atoms with E-state index in [1.54, 1.807) is 10.8 Å². The summed E-state index contributed by atoms with van der Waals surface area (Å²) in [6.45, 7) is 0. The number of aryl methyl sites for hydroxylation is 1. The van der Waals surface area contributed by atoms with E-state index in [2.05, 4.69) is 4.98 Å². The molecular weight excluding hydrogens is 214 g/mol. The average molecular weight is 229 g/mol. The van der Waals surface area contributed by atoms with Crippen LogP contribution in [0.3, 0.4) is 0 Å². The summed E-state index contributed by atoms with van der Waals surface area (Å²) in [4.78, 5) is 14.4. The monoisotopic (exact) mass is 229 g/mol. The number of hydrogen-bond acceptors (Lipinski definition) is 2. The molecule has 88 valence electrons. The molecule has 2 aromatic rings. The van der Waals surface area contributed by atoms with Crippen molar-refractivity contribution in [2.75, 3.05) is 5.73 Å². The summed E-state index contributed by atoms with van der Waals surface area (Å²) in [6, 6.07) is 6.14. The van der Waals surface area contributed by atoms with Crippen LogP contribution >= 0.6 is 0 Å². The summed E-state index contributed by atoms with van der Waals surface area (Å²) in [6.07, 6.45) is 6.66. The smallest absolute Gasteiger partial charge is 0.326 e. The van der Waals surface area contributed by atoms with Crippen LogP contribution in [0.25, 0.3) is 0 Å². The van der Waals surface area contributed by atoms with E-state index < -0.39 is 0 Å². The van der Waals surface area contributed by atoms with Gasteiger partial charge in [0.15, 0.2) is 0 Å². The Morgan fingerprint density at radius 1 is 1.41 bits per heavy atom. The molecule has 1 aliphatic carbocycles. The Morgan fingerprint density at radius 2 is 2.29 bits per heavy atom. The van der Waals surface area contributed by atoms with Crippen LogP contribution in [0.15, 0.2) is 35.4 Å². The number of hydrogen-bond donors (Lipinski definition) is 2. The second kappa shape index (κ2) is 3.80. The SMILES string of the molecule is Nc1ccc2c(c1)CCCC2n1cc[nH]c1=O. The Bertz CT molecular complexity index is 597. The molecule has 0 spiro atoms. The van der Waals surface area contributed by atoms with Crippen molar-refractivity contribution >= 4 is 5.69 Å². The summed E-state index contributed by atoms with van der Waals surface area (Å²) in [7, 11) is 0. The topological polar surface area (TPSA) is 63.8 Å². The van der Waals surface area contributed by atoms with Gasteiger partial charge in [0.25, 0.3) is 0 Å². The second-order valence-corrected chi connectivity index (χ2v) is 4.54. The first kappa shape index (κ1) is 10.2. The molecule has 0 fully saturated rings. The van der Waals surface area contributed by atoms with Gasteiger partial charge in [-0.1, -0.05) is 6.07 Å². The number of aromatic nitrogens is 2. The average Bonchev–Trinajstić information content (AvgIpc) is 2.74. The lowest BCUT2D eigenvalue weighted by atomic mass is 9.87. The number of rotatable bonds is 1. The van der Waals surface area contributed by atoms with Crippen LogP contribution in [-0.4, -0.2) is 9.55 Å². The predicted octanol–water partition coefficient (Wildman–Crippen LogP) is 1.68. The third kappa shape index (κ3) is 1.65. The van der Waals surface area contributed by atoms with Gasteiger partial charge in [-0.25, -0.2) is 4.79 Å². The van der Waals surface area contributed by atoms with Crippen molar-refractivity contribution in [3.05, 3.63) is 52.2 Å². The molecule has 1 aromatic carbocycles. The Kier molecular flexibility index (Phi) is 2.28. The Labute approximate surface area is 99.1 Å². The van der Waals surface area contributed by atoms with E-state index in [-0.39, 0.29) is 11.7 Å². The predicted molar refractivity (Wildman–Crippen MR) is 67.0 cm³/mol. The van der Waals surface area contributed by atoms with Crippen LogP contribution in [0.2, 0.25) is 0 Å². The fourth-order valence-electron chi connectivity index (χ4n) is 2.67. The number of nitrogens with one attached hydrogen (secondary N) is 1. The van der Waals surface area contributed by atoms with Crippen molar-refractivity contribution in [2.45, 2.75) is 25.3 Å². The zero-order valence-corrected chi connectivity index (χ0v) is 9.52. The highest BCUT2D eigenvalue weighted by molar-refractivity contribution is 5.46. The highest BCUT2D eigenvalue weighted by atomic mass is 16.1. The largest absolute Gasteiger partial charge is 0.399 e. The lowest BCUT2D eigenvalue weighted by Crippen LogP contribution is -2.25. The van der Waals surface area contributed by atoms with E-state index in [4.69, 9.17) is 5.73 Å². The highest BCUT2D eigenvalue weighted by Gasteiger charge is 2.22. The third-order valence-electron chi connectivity index (χ3n) is 3.46. The van der Waals surface area contributed by atoms with E-state index in [0.717, 1.165) is 24.9 Å². The number of benzene rings is 1. The normalized spacial score (nSPS) is 18.9. The zero-order valence-electron chi connectivity index (χ0n) is 9.52. The lowest BCUT2D eigenvalue weighted by molar-refractivity contribution is 0.479. The van der Waals surface area contributed by atoms with E-state index in [0.29, 0.717) is 0 Å². The molecule has 1 heterocycles. The number of nitrogen functional groups attached to an aromatic ring is 1. The van der Waals surface area contributed by atoms with E-state index in [9.17, 15) is 4.79 Å². The van der Waals surface area contributed by atoms with E-state index in [1.807, 2.05) is 24.4 Å². The van der Waals surface area contributed by atoms with Crippen LogP contribution in [0.4, 0.5) is 5.69 Å². The number of anilines is 1. The Balaban J connectivity index is 2.11. The van der Waals surface area contributed by atoms with Gasteiger partial charge in [-0.05, 0) is 42.5 Å². The van der Waals surface area contributed by atoms with Gasteiger partial charge >= 0.3 is 5.69 Å². The van der Waals surface area contributed by atoms with Crippen molar-refractivity contribution in [1.29, 1.82) is 0 Å². The number of imidazole rings is 1. The molecule has 0 bridgehead atoms. The standard InChI is InChI=1S/C13H15N3O/c14-10-4-5-11-9(8-10)2-1-3-12(11)16-7-6-15-13(16)17/h4-8,12H,1-3,14H2,(H,15,17). The van der Waals surface area contributed by atoms with E-state index in [1.165, 1.54) is 11.1 Å². The van der Waals surface area contributed by atoms with E-state index >= 15 is 0 Å². The van der Waals surface area contributed by atoms with Gasteiger partial charge in [-0.15, -0.1) is 0 Å². The first-order valence-corrected chi connectivity index (χ1v) is 5.89. The zero-order chi connectivity index (χ0) is 11.8. The first-order valence-electron chi connectivity index (χ1n) is 5.89. The maximum atomic E-state index is 11.7. The summed E-state index contributed by atoms with van der Waals surface area (Å²) < 4.78 is 1.77. The van der Waals surface area contributed by atoms with Gasteiger partial charge in [-0.3, -0.25) is 4.57 Å². The molecule has 0 radical (unpaired) electrons. The van der Waals surface area contributed by atoms with Crippen LogP contribution in [0.1, 0.15) is 30.0 Å². The lowest BCUT2D eigenvalue weighted by Gasteiger charge is -2.26. The van der Waals surface area contributed by atoms with Gasteiger partial charge in [0, 0.05) is 18.1 Å². The molecule has 4 nitrogen and oxygen atoms in total. The van der Waals surface area contributed by atoms with Crippen molar-refractivity contribution in [2.24, 2.45) is 0 Å². The number of fused-ring (bicyclic) bond motifs is 1. The Hall–Kier alpha value is -1.97. The molecule has 0 saturated heterocycles. The molecule has 1 aromatic heterocycles. The molecule has 17 heavy (non-hydrogen) atoms. The molecule has 1 aliphatic rings. The third-order valence-corrected chi connectivity index (χ3v) is 3.46. The van der Waals surface area contributed by atoms with Gasteiger partial charge < -0.3 is 10.7 Å². The fraction of sp³-hybridized carbons (Fsp3) is 0.308. The summed E-state index contributed by atoms with van der Waals surface area (Å²) in [5.74, 6) is 0. The second-order valence-electron chi connectivity index (χ2n) is 4.54. The summed E-state index contributed by atoms with van der Waals surface area (Å²) >= 11 is 0.